The molecule has 0 aliphatic rings. The molecule has 0 aliphatic heterocycles. The van der Waals surface area contributed by atoms with Crippen LogP contribution >= 0.6 is 0 Å². The first-order chi connectivity index (χ1) is 12.7. The molecule has 0 unspecified atom stereocenters. The molecule has 3 aromatic rings. The fraction of sp³-hybridized carbons (Fsp3) is 0.350. The third-order valence-corrected chi connectivity index (χ3v) is 4.03. The predicted molar refractivity (Wildman–Crippen MR) is 96.0 cm³/mol. The number of nitrogens with zero attached hydrogens (tertiary/aromatic N) is 3. The summed E-state index contributed by atoms with van der Waals surface area (Å²) in [6.45, 7) is 3.03. The maximum atomic E-state index is 12.8. The molecule has 0 bridgehead atoms. The van der Waals surface area contributed by atoms with Crippen LogP contribution in [0.25, 0.3) is 0 Å². The molecule has 1 amide bonds. The van der Waals surface area contributed by atoms with Crippen molar-refractivity contribution >= 4 is 5.91 Å². The number of aromatic nitrogens is 2. The van der Waals surface area contributed by atoms with Crippen LogP contribution in [0.1, 0.15) is 42.8 Å². The molecule has 6 heteroatoms. The van der Waals surface area contributed by atoms with E-state index in [-0.39, 0.29) is 5.91 Å². The third-order valence-electron chi connectivity index (χ3n) is 4.03. The lowest BCUT2D eigenvalue weighted by Crippen LogP contribution is -2.30. The van der Waals surface area contributed by atoms with Crippen molar-refractivity contribution in [3.8, 4) is 0 Å². The summed E-state index contributed by atoms with van der Waals surface area (Å²) in [5, 5.41) is 3.93. The minimum atomic E-state index is 0.0282. The number of benzene rings is 1. The second kappa shape index (κ2) is 8.99. The maximum Gasteiger partial charge on any atom is 0.227 e. The molecule has 2 aromatic heterocycles. The average Bonchev–Trinajstić information content (AvgIpc) is 3.32. The lowest BCUT2D eigenvalue weighted by Gasteiger charge is -2.21. The second-order valence-corrected chi connectivity index (χ2v) is 6.17. The van der Waals surface area contributed by atoms with Crippen molar-refractivity contribution in [1.29, 1.82) is 0 Å². The van der Waals surface area contributed by atoms with Crippen LogP contribution in [-0.4, -0.2) is 20.9 Å². The molecule has 136 valence electrons. The monoisotopic (exact) mass is 353 g/mol. The fourth-order valence-electron chi connectivity index (χ4n) is 2.72. The Balaban J connectivity index is 1.63. The Labute approximate surface area is 152 Å². The summed E-state index contributed by atoms with van der Waals surface area (Å²) in [7, 11) is 0. The van der Waals surface area contributed by atoms with E-state index in [1.54, 1.807) is 11.2 Å². The van der Waals surface area contributed by atoms with Crippen LogP contribution in [-0.2, 0) is 30.7 Å². The van der Waals surface area contributed by atoms with Gasteiger partial charge in [0, 0.05) is 25.8 Å². The Bertz CT molecular complexity index is 797. The first-order valence-corrected chi connectivity index (χ1v) is 8.90. The van der Waals surface area contributed by atoms with Crippen LogP contribution in [0.5, 0.6) is 0 Å². The van der Waals surface area contributed by atoms with E-state index in [1.165, 1.54) is 0 Å². The van der Waals surface area contributed by atoms with E-state index < -0.39 is 0 Å². The van der Waals surface area contributed by atoms with Crippen molar-refractivity contribution in [2.24, 2.45) is 0 Å². The molecular formula is C20H23N3O3. The number of carbonyl (C=O) groups is 1. The minimum Gasteiger partial charge on any atom is -0.467 e. The molecule has 0 spiro atoms. The van der Waals surface area contributed by atoms with E-state index in [0.717, 1.165) is 24.2 Å². The summed E-state index contributed by atoms with van der Waals surface area (Å²) < 4.78 is 10.6. The molecule has 26 heavy (non-hydrogen) atoms. The van der Waals surface area contributed by atoms with Gasteiger partial charge in [-0.05, 0) is 24.1 Å². The molecule has 2 heterocycles. The van der Waals surface area contributed by atoms with Gasteiger partial charge >= 0.3 is 0 Å². The van der Waals surface area contributed by atoms with Gasteiger partial charge in [-0.15, -0.1) is 0 Å². The molecular weight excluding hydrogens is 330 g/mol. The average molecular weight is 353 g/mol. The zero-order valence-corrected chi connectivity index (χ0v) is 14.9. The van der Waals surface area contributed by atoms with Gasteiger partial charge in [-0.2, -0.15) is 4.98 Å². The van der Waals surface area contributed by atoms with Gasteiger partial charge in [0.25, 0.3) is 0 Å². The van der Waals surface area contributed by atoms with E-state index in [0.29, 0.717) is 37.6 Å². The normalized spacial score (nSPS) is 10.8. The standard InChI is InChI=1S/C20H23N3O3/c1-2-7-18-21-19(26-22-18)11-12-20(24)23(15-17-10-6-13-25-17)14-16-8-4-3-5-9-16/h3-6,8-10,13H,2,7,11-12,14-15H2,1H3. The van der Waals surface area contributed by atoms with Gasteiger partial charge in [0.15, 0.2) is 5.82 Å². The Hall–Kier alpha value is -2.89. The Morgan fingerprint density at radius 2 is 1.92 bits per heavy atom. The van der Waals surface area contributed by atoms with Gasteiger partial charge in [0.2, 0.25) is 11.8 Å². The van der Waals surface area contributed by atoms with Crippen LogP contribution < -0.4 is 0 Å². The van der Waals surface area contributed by atoms with E-state index in [9.17, 15) is 4.79 Å². The smallest absolute Gasteiger partial charge is 0.227 e. The highest BCUT2D eigenvalue weighted by molar-refractivity contribution is 5.76. The molecule has 0 aliphatic carbocycles. The summed E-state index contributed by atoms with van der Waals surface area (Å²) in [4.78, 5) is 18.9. The number of hydrogen-bond donors (Lipinski definition) is 0. The Morgan fingerprint density at radius 3 is 2.65 bits per heavy atom. The Kier molecular flexibility index (Phi) is 6.19. The van der Waals surface area contributed by atoms with Gasteiger partial charge < -0.3 is 13.8 Å². The molecule has 6 nitrogen and oxygen atoms in total. The van der Waals surface area contributed by atoms with E-state index in [4.69, 9.17) is 8.94 Å². The summed E-state index contributed by atoms with van der Waals surface area (Å²) in [6.07, 6.45) is 4.14. The van der Waals surface area contributed by atoms with E-state index >= 15 is 0 Å². The summed E-state index contributed by atoms with van der Waals surface area (Å²) in [6, 6.07) is 13.6. The topological polar surface area (TPSA) is 72.4 Å². The van der Waals surface area contributed by atoms with Crippen LogP contribution in [0.3, 0.4) is 0 Å². The van der Waals surface area contributed by atoms with Crippen molar-refractivity contribution in [1.82, 2.24) is 15.0 Å². The minimum absolute atomic E-state index is 0.0282. The molecule has 3 rings (SSSR count). The summed E-state index contributed by atoms with van der Waals surface area (Å²) >= 11 is 0. The van der Waals surface area contributed by atoms with Crippen molar-refractivity contribution < 1.29 is 13.7 Å². The Morgan fingerprint density at radius 1 is 1.08 bits per heavy atom. The lowest BCUT2D eigenvalue weighted by molar-refractivity contribution is -0.132. The van der Waals surface area contributed by atoms with Crippen molar-refractivity contribution in [2.45, 2.75) is 45.7 Å². The van der Waals surface area contributed by atoms with Crippen LogP contribution in [0, 0.1) is 0 Å². The van der Waals surface area contributed by atoms with Crippen molar-refractivity contribution in [2.75, 3.05) is 0 Å². The van der Waals surface area contributed by atoms with Crippen molar-refractivity contribution in [3.63, 3.8) is 0 Å². The van der Waals surface area contributed by atoms with Gasteiger partial charge in [0.05, 0.1) is 12.8 Å². The number of furan rings is 1. The molecule has 0 saturated heterocycles. The number of aryl methyl sites for hydroxylation is 2. The van der Waals surface area contributed by atoms with Crippen LogP contribution in [0.4, 0.5) is 0 Å². The van der Waals surface area contributed by atoms with Crippen LogP contribution in [0.15, 0.2) is 57.7 Å². The largest absolute Gasteiger partial charge is 0.467 e. The van der Waals surface area contributed by atoms with Crippen LogP contribution in [0.2, 0.25) is 0 Å². The zero-order chi connectivity index (χ0) is 18.2. The number of rotatable bonds is 9. The number of carbonyl (C=O) groups excluding carboxylic acids is 1. The highest BCUT2D eigenvalue weighted by atomic mass is 16.5. The third kappa shape index (κ3) is 5.05. The molecule has 0 N–H and O–H groups in total. The fourth-order valence-corrected chi connectivity index (χ4v) is 2.72. The summed E-state index contributed by atoms with van der Waals surface area (Å²) in [5.74, 6) is 2.00. The van der Waals surface area contributed by atoms with E-state index in [1.807, 2.05) is 42.5 Å². The highest BCUT2D eigenvalue weighted by Gasteiger charge is 2.17. The highest BCUT2D eigenvalue weighted by Crippen LogP contribution is 2.13. The first kappa shape index (κ1) is 17.9. The van der Waals surface area contributed by atoms with Crippen molar-refractivity contribution in [3.05, 3.63) is 71.8 Å². The quantitative estimate of drug-likeness (QED) is 0.585. The number of amides is 1. The lowest BCUT2D eigenvalue weighted by atomic mass is 10.2. The van der Waals surface area contributed by atoms with E-state index in [2.05, 4.69) is 17.1 Å². The van der Waals surface area contributed by atoms with Gasteiger partial charge in [-0.1, -0.05) is 42.4 Å². The molecule has 0 saturated carbocycles. The van der Waals surface area contributed by atoms with Gasteiger partial charge in [-0.25, -0.2) is 0 Å². The predicted octanol–water partition coefficient (Wildman–Crippen LogP) is 3.78. The number of hydrogen-bond acceptors (Lipinski definition) is 5. The zero-order valence-electron chi connectivity index (χ0n) is 14.9. The maximum absolute atomic E-state index is 12.8. The van der Waals surface area contributed by atoms with Gasteiger partial charge in [0.1, 0.15) is 5.76 Å². The molecule has 0 fully saturated rings. The molecule has 0 radical (unpaired) electrons. The van der Waals surface area contributed by atoms with Gasteiger partial charge in [-0.3, -0.25) is 4.79 Å². The SMILES string of the molecule is CCCc1noc(CCC(=O)N(Cc2ccccc2)Cc2ccco2)n1. The molecule has 1 aromatic carbocycles. The first-order valence-electron chi connectivity index (χ1n) is 8.90. The molecule has 0 atom stereocenters. The second-order valence-electron chi connectivity index (χ2n) is 6.17. The summed E-state index contributed by atoms with van der Waals surface area (Å²) in [5.41, 5.74) is 1.08.